The van der Waals surface area contributed by atoms with Gasteiger partial charge in [0.05, 0.1) is 11.1 Å². The Morgan fingerprint density at radius 2 is 2.03 bits per heavy atom. The van der Waals surface area contributed by atoms with Gasteiger partial charge >= 0.3 is 0 Å². The van der Waals surface area contributed by atoms with Crippen molar-refractivity contribution in [3.05, 3.63) is 55.6 Å². The summed E-state index contributed by atoms with van der Waals surface area (Å²) in [6.07, 6.45) is 3.14. The molecule has 1 fully saturated rings. The smallest absolute Gasteiger partial charge is 0.262 e. The monoisotopic (exact) mass is 488 g/mol. The van der Waals surface area contributed by atoms with Crippen molar-refractivity contribution >= 4 is 50.8 Å². The Bertz CT molecular complexity index is 1230. The number of aryl methyl sites for hydroxylation is 2. The summed E-state index contributed by atoms with van der Waals surface area (Å²) in [7, 11) is 1.76. The maximum absolute atomic E-state index is 12.9. The number of hydrogen-bond donors (Lipinski definition) is 0. The van der Waals surface area contributed by atoms with Gasteiger partial charge in [-0.3, -0.25) is 19.1 Å². The zero-order valence-electron chi connectivity index (χ0n) is 18.0. The lowest BCUT2D eigenvalue weighted by Crippen LogP contribution is -2.48. The zero-order chi connectivity index (χ0) is 22.2. The highest BCUT2D eigenvalue weighted by atomic mass is 35.5. The Hall–Kier alpha value is -1.87. The summed E-state index contributed by atoms with van der Waals surface area (Å²) >= 11 is 9.09. The van der Waals surface area contributed by atoms with Crippen LogP contribution in [0.1, 0.15) is 22.4 Å². The van der Waals surface area contributed by atoms with E-state index >= 15 is 0 Å². The minimum absolute atomic E-state index is 0.0129. The number of amides is 1. The van der Waals surface area contributed by atoms with E-state index in [1.165, 1.54) is 27.8 Å². The van der Waals surface area contributed by atoms with Crippen molar-refractivity contribution in [2.24, 2.45) is 7.05 Å². The number of hydrogen-bond acceptors (Lipinski definition) is 6. The largest absolute Gasteiger partial charge is 0.339 e. The lowest BCUT2D eigenvalue weighted by Gasteiger charge is -2.34. The molecule has 1 aromatic carbocycles. The first-order valence-electron chi connectivity index (χ1n) is 10.9. The topological polar surface area (TPSA) is 58.4 Å². The first-order valence-corrected chi connectivity index (χ1v) is 13.1. The Balaban J connectivity index is 1.19. The predicted molar refractivity (Wildman–Crippen MR) is 131 cm³/mol. The number of fused-ring (bicyclic) bond motifs is 3. The minimum Gasteiger partial charge on any atom is -0.339 e. The van der Waals surface area contributed by atoms with Crippen molar-refractivity contribution in [3.8, 4) is 0 Å². The van der Waals surface area contributed by atoms with E-state index in [0.29, 0.717) is 24.0 Å². The minimum atomic E-state index is 0.0129. The summed E-state index contributed by atoms with van der Waals surface area (Å²) in [5, 5.41) is 2.16. The van der Waals surface area contributed by atoms with Crippen LogP contribution in [0, 0.1) is 0 Å². The van der Waals surface area contributed by atoms with Gasteiger partial charge in [-0.1, -0.05) is 35.5 Å². The highest BCUT2D eigenvalue weighted by molar-refractivity contribution is 7.99. The molecule has 5 rings (SSSR count). The Morgan fingerprint density at radius 1 is 1.22 bits per heavy atom. The molecule has 168 valence electrons. The number of aromatic nitrogens is 2. The van der Waals surface area contributed by atoms with Gasteiger partial charge in [-0.2, -0.15) is 0 Å². The van der Waals surface area contributed by atoms with Crippen molar-refractivity contribution < 1.29 is 4.79 Å². The molecule has 0 radical (unpaired) electrons. The van der Waals surface area contributed by atoms with Crippen LogP contribution in [-0.2, 0) is 31.2 Å². The Morgan fingerprint density at radius 3 is 2.81 bits per heavy atom. The number of halogens is 1. The van der Waals surface area contributed by atoms with Crippen LogP contribution >= 0.6 is 34.7 Å². The van der Waals surface area contributed by atoms with Gasteiger partial charge in [-0.25, -0.2) is 4.98 Å². The van der Waals surface area contributed by atoms with Gasteiger partial charge in [0.1, 0.15) is 4.83 Å². The van der Waals surface area contributed by atoms with E-state index in [-0.39, 0.29) is 11.5 Å². The molecule has 3 aromatic rings. The highest BCUT2D eigenvalue weighted by Crippen LogP contribution is 2.35. The quantitative estimate of drug-likeness (QED) is 0.406. The molecule has 9 heteroatoms. The van der Waals surface area contributed by atoms with Gasteiger partial charge < -0.3 is 4.90 Å². The number of nitrogens with zero attached hydrogens (tertiary/aromatic N) is 4. The highest BCUT2D eigenvalue weighted by Gasteiger charge is 2.24. The van der Waals surface area contributed by atoms with Crippen LogP contribution in [0.25, 0.3) is 10.2 Å². The second-order valence-electron chi connectivity index (χ2n) is 8.37. The van der Waals surface area contributed by atoms with Crippen LogP contribution in [0.2, 0.25) is 5.02 Å². The zero-order valence-corrected chi connectivity index (χ0v) is 20.4. The van der Waals surface area contributed by atoms with Gasteiger partial charge in [0.25, 0.3) is 5.56 Å². The summed E-state index contributed by atoms with van der Waals surface area (Å²) in [5.41, 5.74) is 2.40. The molecule has 0 saturated carbocycles. The number of carbonyl (C=O) groups excluding carboxylic acids is 1. The van der Waals surface area contributed by atoms with E-state index in [0.717, 1.165) is 54.1 Å². The van der Waals surface area contributed by atoms with Gasteiger partial charge in [-0.15, -0.1) is 11.3 Å². The van der Waals surface area contributed by atoms with Crippen LogP contribution < -0.4 is 5.56 Å². The Kier molecular flexibility index (Phi) is 6.29. The molecule has 1 amide bonds. The first-order chi connectivity index (χ1) is 15.5. The summed E-state index contributed by atoms with van der Waals surface area (Å²) in [6, 6.07) is 7.92. The van der Waals surface area contributed by atoms with Crippen LogP contribution in [0.3, 0.4) is 0 Å². The molecule has 1 aliphatic carbocycles. The molecule has 0 unspecified atom stereocenters. The summed E-state index contributed by atoms with van der Waals surface area (Å²) < 4.78 is 1.61. The normalized spacial score (nSPS) is 16.6. The molecule has 0 atom stereocenters. The number of thiophene rings is 1. The van der Waals surface area contributed by atoms with E-state index in [4.69, 9.17) is 16.6 Å². The van der Waals surface area contributed by atoms with Crippen LogP contribution in [0.4, 0.5) is 0 Å². The van der Waals surface area contributed by atoms with Crippen molar-refractivity contribution in [1.82, 2.24) is 19.4 Å². The van der Waals surface area contributed by atoms with E-state index < -0.39 is 0 Å². The fourth-order valence-corrected chi connectivity index (χ4v) is 6.89. The third-order valence-corrected chi connectivity index (χ3v) is 8.69. The second-order valence-corrected chi connectivity index (χ2v) is 10.8. The maximum Gasteiger partial charge on any atom is 0.262 e. The van der Waals surface area contributed by atoms with E-state index in [2.05, 4.69) is 11.0 Å². The fourth-order valence-electron chi connectivity index (χ4n) is 4.50. The van der Waals surface area contributed by atoms with Crippen molar-refractivity contribution in [1.29, 1.82) is 0 Å². The fraction of sp³-hybridized carbons (Fsp3) is 0.435. The molecule has 3 heterocycles. The summed E-state index contributed by atoms with van der Waals surface area (Å²) in [6.45, 7) is 3.94. The van der Waals surface area contributed by atoms with E-state index in [9.17, 15) is 9.59 Å². The van der Waals surface area contributed by atoms with Gasteiger partial charge in [0, 0.05) is 49.7 Å². The molecule has 0 spiro atoms. The third kappa shape index (κ3) is 4.33. The molecule has 2 aromatic heterocycles. The van der Waals surface area contributed by atoms with Crippen LogP contribution in [0.5, 0.6) is 0 Å². The SMILES string of the molecule is Cn1c(SCC(=O)N2CCN(Cc3cccc(Cl)c3)CC2)nc2sc3c(c2c1=O)CCC3. The van der Waals surface area contributed by atoms with E-state index in [1.54, 1.807) is 23.0 Å². The maximum atomic E-state index is 12.9. The van der Waals surface area contributed by atoms with Gasteiger partial charge in [0.2, 0.25) is 5.91 Å². The molecule has 0 N–H and O–H groups in total. The molecule has 6 nitrogen and oxygen atoms in total. The number of piperazine rings is 1. The lowest BCUT2D eigenvalue weighted by atomic mass is 10.2. The molecular formula is C23H25ClN4O2S2. The van der Waals surface area contributed by atoms with E-state index in [1.807, 2.05) is 23.1 Å². The number of benzene rings is 1. The summed E-state index contributed by atoms with van der Waals surface area (Å²) in [4.78, 5) is 36.9. The third-order valence-electron chi connectivity index (χ3n) is 6.25. The standard InChI is InChI=1S/C23H25ClN4O2S2/c1-26-22(30)20-17-6-3-7-18(17)32-21(20)25-23(26)31-14-19(29)28-10-8-27(9-11-28)13-15-4-2-5-16(24)12-15/h2,4-5,12H,3,6-11,13-14H2,1H3. The number of thioether (sulfide) groups is 1. The average molecular weight is 489 g/mol. The predicted octanol–water partition coefficient (Wildman–Crippen LogP) is 3.57. The average Bonchev–Trinajstić information content (AvgIpc) is 3.36. The first kappa shape index (κ1) is 21.9. The molecule has 2 aliphatic rings. The molecule has 0 bridgehead atoms. The summed E-state index contributed by atoms with van der Waals surface area (Å²) in [5.74, 6) is 0.394. The number of carbonyl (C=O) groups is 1. The lowest BCUT2D eigenvalue weighted by molar-refractivity contribution is -0.130. The van der Waals surface area contributed by atoms with Crippen molar-refractivity contribution in [2.45, 2.75) is 31.0 Å². The van der Waals surface area contributed by atoms with Crippen LogP contribution in [0.15, 0.2) is 34.2 Å². The van der Waals surface area contributed by atoms with Crippen molar-refractivity contribution in [2.75, 3.05) is 31.9 Å². The molecule has 1 saturated heterocycles. The molecule has 32 heavy (non-hydrogen) atoms. The van der Waals surface area contributed by atoms with Gasteiger partial charge in [0.15, 0.2) is 5.16 Å². The molecular weight excluding hydrogens is 464 g/mol. The van der Waals surface area contributed by atoms with Crippen molar-refractivity contribution in [3.63, 3.8) is 0 Å². The van der Waals surface area contributed by atoms with Crippen LogP contribution in [-0.4, -0.2) is 57.2 Å². The van der Waals surface area contributed by atoms with Gasteiger partial charge in [-0.05, 0) is 42.5 Å². The Labute approximate surface area is 200 Å². The second kappa shape index (κ2) is 9.17. The molecule has 1 aliphatic heterocycles. The number of rotatable bonds is 5.